The first kappa shape index (κ1) is 43.5. The SMILES string of the molecule is COC(=O)[C@H](Cc1ccc(-c2ccnc(C)c2C)cc1)NC(=O)[C@@H]1Cc2cc3c(cc2CN1C(=O)c1nc(C)oc1C)C[C@H](c1ccc(OCc2ccc(Cl)c(Cl)c2)cc1)CCO3. The lowest BCUT2D eigenvalue weighted by Crippen LogP contribution is -2.56. The highest BCUT2D eigenvalue weighted by atomic mass is 35.5. The summed E-state index contributed by atoms with van der Waals surface area (Å²) in [5, 5.41) is 3.93. The van der Waals surface area contributed by atoms with Crippen molar-refractivity contribution in [3.8, 4) is 22.6 Å². The van der Waals surface area contributed by atoms with Crippen molar-refractivity contribution < 1.29 is 33.0 Å². The van der Waals surface area contributed by atoms with Gasteiger partial charge in [0.25, 0.3) is 5.91 Å². The molecular weight excluding hydrogens is 839 g/mol. The minimum Gasteiger partial charge on any atom is -0.493 e. The Kier molecular flexibility index (Phi) is 12.9. The summed E-state index contributed by atoms with van der Waals surface area (Å²) in [6.45, 7) is 8.38. The fourth-order valence-electron chi connectivity index (χ4n) is 8.48. The van der Waals surface area contributed by atoms with Crippen LogP contribution in [0.1, 0.15) is 79.1 Å². The van der Waals surface area contributed by atoms with Crippen molar-refractivity contribution in [3.63, 3.8) is 0 Å². The van der Waals surface area contributed by atoms with Crippen molar-refractivity contribution in [2.45, 2.75) is 84.5 Å². The topological polar surface area (TPSA) is 133 Å². The van der Waals surface area contributed by atoms with Crippen LogP contribution in [0.15, 0.2) is 95.5 Å². The molecule has 3 atom stereocenters. The number of ether oxygens (including phenoxy) is 3. The molecule has 13 heteroatoms. The lowest BCUT2D eigenvalue weighted by molar-refractivity contribution is -0.145. The van der Waals surface area contributed by atoms with Gasteiger partial charge in [-0.1, -0.05) is 71.7 Å². The number of carbonyl (C=O) groups is 3. The van der Waals surface area contributed by atoms with E-state index < -0.39 is 29.9 Å². The van der Waals surface area contributed by atoms with Crippen LogP contribution in [0.3, 0.4) is 0 Å². The summed E-state index contributed by atoms with van der Waals surface area (Å²) >= 11 is 12.3. The third-order valence-corrected chi connectivity index (χ3v) is 12.8. The summed E-state index contributed by atoms with van der Waals surface area (Å²) in [5.74, 6) is 0.860. The largest absolute Gasteiger partial charge is 0.493 e. The summed E-state index contributed by atoms with van der Waals surface area (Å²) < 4.78 is 23.2. The molecule has 4 heterocycles. The van der Waals surface area contributed by atoms with Gasteiger partial charge in [-0.25, -0.2) is 9.78 Å². The van der Waals surface area contributed by atoms with Crippen molar-refractivity contribution >= 4 is 41.0 Å². The van der Waals surface area contributed by atoms with Crippen molar-refractivity contribution in [2.24, 2.45) is 0 Å². The lowest BCUT2D eigenvalue weighted by Gasteiger charge is -2.36. The van der Waals surface area contributed by atoms with Gasteiger partial charge in [0.15, 0.2) is 11.6 Å². The van der Waals surface area contributed by atoms with E-state index in [9.17, 15) is 14.4 Å². The third-order valence-electron chi connectivity index (χ3n) is 12.1. The molecular formula is C50H48Cl2N4O7. The fourth-order valence-corrected chi connectivity index (χ4v) is 8.80. The molecule has 2 aliphatic heterocycles. The highest BCUT2D eigenvalue weighted by Crippen LogP contribution is 2.38. The molecule has 6 aromatic rings. The van der Waals surface area contributed by atoms with Crippen LogP contribution in [0.5, 0.6) is 11.5 Å². The molecule has 2 aliphatic rings. The Bertz CT molecular complexity index is 2680. The Balaban J connectivity index is 1.02. The van der Waals surface area contributed by atoms with E-state index in [4.69, 9.17) is 41.8 Å². The predicted molar refractivity (Wildman–Crippen MR) is 240 cm³/mol. The number of aryl methyl sites for hydroxylation is 3. The van der Waals surface area contributed by atoms with Crippen molar-refractivity contribution in [3.05, 3.63) is 163 Å². The smallest absolute Gasteiger partial charge is 0.328 e. The maximum absolute atomic E-state index is 14.5. The average molecular weight is 888 g/mol. The molecule has 8 rings (SSSR count). The molecule has 0 unspecified atom stereocenters. The zero-order chi connectivity index (χ0) is 44.4. The van der Waals surface area contributed by atoms with E-state index in [1.165, 1.54) is 12.0 Å². The molecule has 2 amide bonds. The monoisotopic (exact) mass is 886 g/mol. The number of aromatic nitrogens is 2. The molecule has 0 aliphatic carbocycles. The molecule has 1 N–H and O–H groups in total. The number of hydrogen-bond donors (Lipinski definition) is 1. The predicted octanol–water partition coefficient (Wildman–Crippen LogP) is 9.43. The minimum atomic E-state index is -1.01. The minimum absolute atomic E-state index is 0.138. The van der Waals surface area contributed by atoms with Gasteiger partial charge in [-0.05, 0) is 126 Å². The van der Waals surface area contributed by atoms with Crippen LogP contribution in [0, 0.1) is 27.7 Å². The van der Waals surface area contributed by atoms with E-state index in [1.807, 2.05) is 68.4 Å². The summed E-state index contributed by atoms with van der Waals surface area (Å²) in [6, 6.07) is 25.5. The maximum atomic E-state index is 14.5. The van der Waals surface area contributed by atoms with Gasteiger partial charge in [-0.3, -0.25) is 14.6 Å². The van der Waals surface area contributed by atoms with Crippen molar-refractivity contribution in [1.82, 2.24) is 20.2 Å². The molecule has 2 aromatic heterocycles. The van der Waals surface area contributed by atoms with Crippen molar-refractivity contribution in [2.75, 3.05) is 13.7 Å². The summed E-state index contributed by atoms with van der Waals surface area (Å²) in [7, 11) is 1.29. The van der Waals surface area contributed by atoms with E-state index in [-0.39, 0.29) is 31.0 Å². The zero-order valence-corrected chi connectivity index (χ0v) is 37.3. The van der Waals surface area contributed by atoms with Gasteiger partial charge in [0.2, 0.25) is 5.91 Å². The standard InChI is InChI=1S/C50H48Cl2N4O7/c1-28-29(2)53-18-16-41(28)35-9-6-32(7-10-35)21-44(50(59)60-5)55-48(57)45-24-37-25-46-38(23-39(37)26-56(45)49(58)47-30(3)63-31(4)54-47)22-36(17-19-61-46)34-11-13-40(14-12-34)62-27-33-8-15-42(51)43(52)20-33/h6-16,18,20,23,25,36,44-45H,17,19,21-22,24,26-27H2,1-5H3,(H,55,57)/t36-,44+,45+/m1/s1. The number of oxazole rings is 1. The van der Waals surface area contributed by atoms with Gasteiger partial charge in [0.05, 0.1) is 23.8 Å². The van der Waals surface area contributed by atoms with Crippen LogP contribution in [0.2, 0.25) is 10.0 Å². The number of benzene rings is 4. The zero-order valence-electron chi connectivity index (χ0n) is 35.8. The average Bonchev–Trinajstić information content (AvgIpc) is 3.49. The third kappa shape index (κ3) is 9.60. The molecule has 0 saturated heterocycles. The van der Waals surface area contributed by atoms with Gasteiger partial charge < -0.3 is 28.8 Å². The number of nitrogens with one attached hydrogen (secondary N) is 1. The first-order valence-electron chi connectivity index (χ1n) is 20.9. The highest BCUT2D eigenvalue weighted by molar-refractivity contribution is 6.42. The molecule has 11 nitrogen and oxygen atoms in total. The van der Waals surface area contributed by atoms with Gasteiger partial charge >= 0.3 is 5.97 Å². The highest BCUT2D eigenvalue weighted by Gasteiger charge is 2.39. The molecule has 0 saturated carbocycles. The Hall–Kier alpha value is -6.17. The fraction of sp³-hybridized carbons (Fsp3) is 0.300. The second-order valence-corrected chi connectivity index (χ2v) is 17.0. The molecule has 324 valence electrons. The van der Waals surface area contributed by atoms with Crippen LogP contribution in [0.4, 0.5) is 0 Å². The van der Waals surface area contributed by atoms with Crippen LogP contribution < -0.4 is 14.8 Å². The Morgan fingerprint density at radius 3 is 2.35 bits per heavy atom. The first-order chi connectivity index (χ1) is 30.3. The second-order valence-electron chi connectivity index (χ2n) is 16.2. The van der Waals surface area contributed by atoms with Crippen LogP contribution in [-0.2, 0) is 46.7 Å². The summed E-state index contributed by atoms with van der Waals surface area (Å²) in [4.78, 5) is 52.4. The number of carbonyl (C=O) groups excluding carboxylic acids is 3. The number of hydrogen-bond acceptors (Lipinski definition) is 9. The number of amides is 2. The second kappa shape index (κ2) is 18.7. The summed E-state index contributed by atoms with van der Waals surface area (Å²) in [6.07, 6.45) is 3.68. The quantitative estimate of drug-likeness (QED) is 0.126. The number of rotatable bonds is 11. The van der Waals surface area contributed by atoms with Crippen LogP contribution in [0.25, 0.3) is 11.1 Å². The molecule has 0 fully saturated rings. The van der Waals surface area contributed by atoms with Gasteiger partial charge in [0.1, 0.15) is 35.9 Å². The molecule has 63 heavy (non-hydrogen) atoms. The molecule has 0 radical (unpaired) electrons. The normalized spacial score (nSPS) is 16.2. The van der Waals surface area contributed by atoms with Gasteiger partial charge in [-0.2, -0.15) is 0 Å². The Morgan fingerprint density at radius 1 is 0.873 bits per heavy atom. The Morgan fingerprint density at radius 2 is 1.63 bits per heavy atom. The molecule has 0 spiro atoms. The van der Waals surface area contributed by atoms with Gasteiger partial charge in [0, 0.05) is 38.2 Å². The molecule has 0 bridgehead atoms. The lowest BCUT2D eigenvalue weighted by atomic mass is 9.86. The van der Waals surface area contributed by atoms with E-state index in [0.717, 1.165) is 80.1 Å². The van der Waals surface area contributed by atoms with Crippen LogP contribution in [-0.4, -0.2) is 58.5 Å². The van der Waals surface area contributed by atoms with E-state index in [2.05, 4.69) is 33.5 Å². The van der Waals surface area contributed by atoms with E-state index >= 15 is 0 Å². The number of halogens is 2. The van der Waals surface area contributed by atoms with E-state index in [1.54, 1.807) is 32.2 Å². The maximum Gasteiger partial charge on any atom is 0.328 e. The van der Waals surface area contributed by atoms with Crippen LogP contribution >= 0.6 is 23.2 Å². The van der Waals surface area contributed by atoms with Crippen molar-refractivity contribution in [1.29, 1.82) is 0 Å². The number of pyridine rings is 1. The van der Waals surface area contributed by atoms with E-state index in [0.29, 0.717) is 34.9 Å². The Labute approximate surface area is 376 Å². The summed E-state index contributed by atoms with van der Waals surface area (Å²) in [5.41, 5.74) is 10.00. The van der Waals surface area contributed by atoms with Gasteiger partial charge in [-0.15, -0.1) is 0 Å². The number of esters is 1. The number of methoxy groups -OCH3 is 1. The number of fused-ring (bicyclic) bond motifs is 2. The first-order valence-corrected chi connectivity index (χ1v) is 21.7. The molecule has 4 aromatic carbocycles. The number of nitrogens with zero attached hydrogens (tertiary/aromatic N) is 3.